The lowest BCUT2D eigenvalue weighted by Crippen LogP contribution is -2.46. The number of fused-ring (bicyclic) bond motifs is 2. The number of piperidine rings is 1. The van der Waals surface area contributed by atoms with Crippen LogP contribution in [-0.2, 0) is 11.3 Å². The second-order valence-electron chi connectivity index (χ2n) is 10.8. The van der Waals surface area contributed by atoms with E-state index >= 15 is 0 Å². The van der Waals surface area contributed by atoms with Crippen LogP contribution >= 0.6 is 0 Å². The molecule has 34 heavy (non-hydrogen) atoms. The Morgan fingerprint density at radius 2 is 1.85 bits per heavy atom. The molecule has 0 aromatic carbocycles. The summed E-state index contributed by atoms with van der Waals surface area (Å²) < 4.78 is 12.5. The zero-order valence-corrected chi connectivity index (χ0v) is 19.9. The summed E-state index contributed by atoms with van der Waals surface area (Å²) in [4.78, 5) is 21.9. The lowest BCUT2D eigenvalue weighted by Gasteiger charge is -2.39. The number of carboxylic acid groups (broad SMARTS) is 1. The molecule has 2 aromatic heterocycles. The van der Waals surface area contributed by atoms with Crippen molar-refractivity contribution >= 4 is 11.8 Å². The van der Waals surface area contributed by atoms with E-state index in [-0.39, 0.29) is 11.8 Å². The predicted octanol–water partition coefficient (Wildman–Crippen LogP) is 5.05. The van der Waals surface area contributed by atoms with Crippen LogP contribution in [0, 0.1) is 5.92 Å². The van der Waals surface area contributed by atoms with Gasteiger partial charge in [-0.25, -0.2) is 14.8 Å². The minimum atomic E-state index is -1.05. The Morgan fingerprint density at radius 3 is 2.50 bits per heavy atom. The standard InChI is InChI=1S/C26H34N4O4/c1-15-4-2-3-5-20(15)24-21(25(34-29-24)16-6-7-16)14-33-19-10-17-8-9-18(11-19)30(17)23-13-27-22(12-28-23)26(31)32/h12-13,15-20H,2-11,14H2,1H3,(H,31,32)/t15?,17-,18?,19?,20?/m0/s1. The van der Waals surface area contributed by atoms with E-state index in [1.54, 1.807) is 6.20 Å². The number of carboxylic acids is 1. The Kier molecular flexibility index (Phi) is 5.79. The molecule has 0 spiro atoms. The predicted molar refractivity (Wildman–Crippen MR) is 125 cm³/mol. The summed E-state index contributed by atoms with van der Waals surface area (Å²) in [7, 11) is 0. The van der Waals surface area contributed by atoms with Gasteiger partial charge in [0.05, 0.1) is 30.8 Å². The maximum absolute atomic E-state index is 11.1. The zero-order valence-electron chi connectivity index (χ0n) is 19.9. The van der Waals surface area contributed by atoms with Crippen LogP contribution < -0.4 is 4.90 Å². The molecular weight excluding hydrogens is 432 g/mol. The van der Waals surface area contributed by atoms with Gasteiger partial charge in [-0.1, -0.05) is 31.3 Å². The minimum Gasteiger partial charge on any atom is -0.476 e. The average Bonchev–Trinajstić information content (AvgIpc) is 3.55. The maximum Gasteiger partial charge on any atom is 0.356 e. The van der Waals surface area contributed by atoms with Crippen molar-refractivity contribution in [2.24, 2.45) is 5.92 Å². The van der Waals surface area contributed by atoms with Crippen molar-refractivity contribution in [1.29, 1.82) is 0 Å². The Balaban J connectivity index is 1.14. The van der Waals surface area contributed by atoms with Gasteiger partial charge in [-0.05, 0) is 50.9 Å². The number of hydrogen-bond donors (Lipinski definition) is 1. The number of aromatic nitrogens is 3. The van der Waals surface area contributed by atoms with E-state index in [9.17, 15) is 4.79 Å². The smallest absolute Gasteiger partial charge is 0.356 e. The topological polar surface area (TPSA) is 102 Å². The van der Waals surface area contributed by atoms with Gasteiger partial charge in [0.25, 0.3) is 0 Å². The summed E-state index contributed by atoms with van der Waals surface area (Å²) in [5.41, 5.74) is 2.40. The van der Waals surface area contributed by atoms with Crippen molar-refractivity contribution < 1.29 is 19.2 Å². The second-order valence-corrected chi connectivity index (χ2v) is 10.8. The molecule has 2 aliphatic heterocycles. The fourth-order valence-corrected chi connectivity index (χ4v) is 6.56. The van der Waals surface area contributed by atoms with Crippen LogP contribution in [0.15, 0.2) is 16.9 Å². The van der Waals surface area contributed by atoms with E-state index in [1.807, 2.05) is 0 Å². The van der Waals surface area contributed by atoms with Crippen molar-refractivity contribution in [3.8, 4) is 0 Å². The largest absolute Gasteiger partial charge is 0.476 e. The van der Waals surface area contributed by atoms with Crippen LogP contribution in [0.4, 0.5) is 5.82 Å². The quantitative estimate of drug-likeness (QED) is 0.605. The van der Waals surface area contributed by atoms with E-state index in [0.717, 1.165) is 37.3 Å². The summed E-state index contributed by atoms with van der Waals surface area (Å²) in [6.45, 7) is 2.96. The highest BCUT2D eigenvalue weighted by atomic mass is 16.5. The van der Waals surface area contributed by atoms with Crippen LogP contribution in [0.2, 0.25) is 0 Å². The minimum absolute atomic E-state index is 0.0161. The molecule has 1 N–H and O–H groups in total. The van der Waals surface area contributed by atoms with Crippen LogP contribution in [0.3, 0.4) is 0 Å². The molecule has 2 bridgehead atoms. The molecule has 2 aromatic rings. The first-order valence-corrected chi connectivity index (χ1v) is 13.0. The third kappa shape index (κ3) is 4.10. The number of carbonyl (C=O) groups is 1. The second kappa shape index (κ2) is 8.95. The monoisotopic (exact) mass is 466 g/mol. The van der Waals surface area contributed by atoms with Crippen molar-refractivity contribution in [2.45, 2.75) is 108 Å². The van der Waals surface area contributed by atoms with Crippen LogP contribution in [-0.4, -0.2) is 44.4 Å². The van der Waals surface area contributed by atoms with Gasteiger partial charge < -0.3 is 19.3 Å². The van der Waals surface area contributed by atoms with Gasteiger partial charge in [0.15, 0.2) is 5.69 Å². The molecule has 2 aliphatic carbocycles. The Bertz CT molecular complexity index is 1020. The fraction of sp³-hybridized carbons (Fsp3) is 0.692. The Labute approximate surface area is 200 Å². The summed E-state index contributed by atoms with van der Waals surface area (Å²) in [5.74, 6) is 2.49. The molecule has 4 heterocycles. The van der Waals surface area contributed by atoms with Gasteiger partial charge in [-0.3, -0.25) is 0 Å². The lowest BCUT2D eigenvalue weighted by atomic mass is 9.77. The fourth-order valence-electron chi connectivity index (χ4n) is 6.56. The molecule has 8 nitrogen and oxygen atoms in total. The Hall–Kier alpha value is -2.48. The van der Waals surface area contributed by atoms with Gasteiger partial charge in [-0.2, -0.15) is 0 Å². The third-order valence-electron chi connectivity index (χ3n) is 8.53. The first-order chi connectivity index (χ1) is 16.6. The van der Waals surface area contributed by atoms with E-state index < -0.39 is 5.97 Å². The molecular formula is C26H34N4O4. The lowest BCUT2D eigenvalue weighted by molar-refractivity contribution is 0.0138. The summed E-state index contributed by atoms with van der Waals surface area (Å²) in [5, 5.41) is 13.7. The normalized spacial score (nSPS) is 31.1. The number of aromatic carboxylic acids is 1. The summed E-state index contributed by atoms with van der Waals surface area (Å²) in [6.07, 6.45) is 14.8. The van der Waals surface area contributed by atoms with Crippen molar-refractivity contribution in [3.63, 3.8) is 0 Å². The first-order valence-electron chi connectivity index (χ1n) is 13.0. The number of ether oxygens (including phenoxy) is 1. The molecule has 4 fully saturated rings. The molecule has 0 radical (unpaired) electrons. The van der Waals surface area contributed by atoms with Crippen LogP contribution in [0.5, 0.6) is 0 Å². The van der Waals surface area contributed by atoms with E-state index in [4.69, 9.17) is 14.4 Å². The molecule has 2 saturated heterocycles. The highest BCUT2D eigenvalue weighted by molar-refractivity contribution is 5.84. The third-order valence-corrected chi connectivity index (χ3v) is 8.53. The summed E-state index contributed by atoms with van der Waals surface area (Å²) in [6, 6.07) is 0.717. The number of nitrogens with zero attached hydrogens (tertiary/aromatic N) is 4. The van der Waals surface area contributed by atoms with E-state index in [0.29, 0.717) is 36.4 Å². The molecule has 182 valence electrons. The molecule has 5 atom stereocenters. The number of anilines is 1. The molecule has 4 unspecified atom stereocenters. The molecule has 4 aliphatic rings. The van der Waals surface area contributed by atoms with Crippen LogP contribution in [0.25, 0.3) is 0 Å². The van der Waals surface area contributed by atoms with Gasteiger partial charge >= 0.3 is 5.97 Å². The van der Waals surface area contributed by atoms with Gasteiger partial charge in [-0.15, -0.1) is 0 Å². The van der Waals surface area contributed by atoms with E-state index in [1.165, 1.54) is 56.0 Å². The van der Waals surface area contributed by atoms with Gasteiger partial charge in [0.1, 0.15) is 11.6 Å². The van der Waals surface area contributed by atoms with E-state index in [2.05, 4.69) is 26.9 Å². The summed E-state index contributed by atoms with van der Waals surface area (Å²) >= 11 is 0. The molecule has 6 rings (SSSR count). The SMILES string of the molecule is CC1CCCCC1c1noc(C2CC2)c1COC1CC2CC[C@@H](C1)N2c1cnc(C(=O)O)cn1. The highest BCUT2D eigenvalue weighted by Crippen LogP contribution is 2.47. The van der Waals surface area contributed by atoms with Crippen LogP contribution in [0.1, 0.15) is 110 Å². The Morgan fingerprint density at radius 1 is 1.09 bits per heavy atom. The van der Waals surface area contributed by atoms with Crippen molar-refractivity contribution in [1.82, 2.24) is 15.1 Å². The molecule has 2 saturated carbocycles. The maximum atomic E-state index is 11.1. The molecule has 0 amide bonds. The zero-order chi connectivity index (χ0) is 23.2. The average molecular weight is 467 g/mol. The van der Waals surface area contributed by atoms with Crippen molar-refractivity contribution in [2.75, 3.05) is 4.90 Å². The first kappa shape index (κ1) is 22.0. The number of rotatable bonds is 7. The molecule has 8 heteroatoms. The van der Waals surface area contributed by atoms with Crippen molar-refractivity contribution in [3.05, 3.63) is 35.1 Å². The van der Waals surface area contributed by atoms with Gasteiger partial charge in [0, 0.05) is 29.5 Å². The van der Waals surface area contributed by atoms with Gasteiger partial charge in [0.2, 0.25) is 0 Å². The number of hydrogen-bond acceptors (Lipinski definition) is 7. The highest BCUT2D eigenvalue weighted by Gasteiger charge is 2.43.